The van der Waals surface area contributed by atoms with E-state index in [1.807, 2.05) is 9.80 Å². The summed E-state index contributed by atoms with van der Waals surface area (Å²) < 4.78 is 47.3. The van der Waals surface area contributed by atoms with Crippen LogP contribution in [-0.2, 0) is 57.1 Å². The largest absolute Gasteiger partial charge is 0.463 e. The van der Waals surface area contributed by atoms with E-state index >= 15 is 0 Å². The Morgan fingerprint density at radius 3 is 1.31 bits per heavy atom. The molecule has 0 fully saturated rings. The number of rotatable bonds is 49. The van der Waals surface area contributed by atoms with Crippen molar-refractivity contribution in [2.24, 2.45) is 5.41 Å². The van der Waals surface area contributed by atoms with Gasteiger partial charge in [-0.3, -0.25) is 24.0 Å². The lowest BCUT2D eigenvalue weighted by Gasteiger charge is -2.33. The maximum Gasteiger partial charge on any atom is 0.307 e. The zero-order chi connectivity index (χ0) is 56.1. The van der Waals surface area contributed by atoms with E-state index in [9.17, 15) is 24.0 Å². The second-order valence-corrected chi connectivity index (χ2v) is 21.5. The first-order chi connectivity index (χ1) is 35.9. The van der Waals surface area contributed by atoms with Crippen LogP contribution in [0.4, 0.5) is 4.79 Å². The molecule has 0 aliphatic rings. The number of carbonyl (C=O) groups excluding carboxylic acids is 5. The number of thiocarbonyl (C=S) groups is 7. The van der Waals surface area contributed by atoms with Crippen LogP contribution in [0.25, 0.3) is 0 Å². The lowest BCUT2D eigenvalue weighted by atomic mass is 9.92. The highest BCUT2D eigenvalue weighted by Gasteiger charge is 2.33. The second kappa shape index (κ2) is 48.5. The minimum Gasteiger partial charge on any atom is -0.463 e. The summed E-state index contributed by atoms with van der Waals surface area (Å²) in [6, 6.07) is 0. The third-order valence-electron chi connectivity index (χ3n) is 9.95. The van der Waals surface area contributed by atoms with Crippen molar-refractivity contribution >= 4 is 212 Å². The van der Waals surface area contributed by atoms with Crippen molar-refractivity contribution in [2.45, 2.75) is 51.4 Å². The van der Waals surface area contributed by atoms with E-state index in [0.29, 0.717) is 95.3 Å². The highest BCUT2D eigenvalue weighted by Crippen LogP contribution is 2.21. The van der Waals surface area contributed by atoms with E-state index in [1.54, 1.807) is 15.2 Å². The SMILES string of the molecule is O=C(S)NCCN(C=S)CCC(=O)OCCOCC(COCCOC(=O)CCN(C=S)CCCC=S)(COCCOC(=O)CCN(CCCC(=S)S)C(=S)S)COCCOC(=O)CCN(CCNC(=S)S)C(=S)CS. The number of hydrogen-bond donors (Lipinski definition) is 7. The van der Waals surface area contributed by atoms with Gasteiger partial charge in [0.05, 0.1) is 99.9 Å². The van der Waals surface area contributed by atoms with Gasteiger partial charge >= 0.3 is 23.9 Å². The Hall–Kier alpha value is -1.43. The van der Waals surface area contributed by atoms with Gasteiger partial charge in [-0.2, -0.15) is 12.6 Å². The fraction of sp³-hybridized carbons (Fsp3) is 0.727. The first kappa shape index (κ1) is 73.6. The van der Waals surface area contributed by atoms with Crippen molar-refractivity contribution in [2.75, 3.05) is 150 Å². The molecular weight excluding hydrogens is 1210 g/mol. The Morgan fingerprint density at radius 1 is 0.493 bits per heavy atom. The summed E-state index contributed by atoms with van der Waals surface area (Å²) in [5.41, 5.74) is 1.86. The maximum absolute atomic E-state index is 12.8. The molecule has 1 atom stereocenters. The molecule has 31 heteroatoms. The summed E-state index contributed by atoms with van der Waals surface area (Å²) >= 11 is 56.1. The van der Waals surface area contributed by atoms with Gasteiger partial charge in [0.1, 0.15) is 35.1 Å². The molecule has 0 saturated carbocycles. The van der Waals surface area contributed by atoms with Crippen LogP contribution in [0.1, 0.15) is 51.4 Å². The predicted molar refractivity (Wildman–Crippen MR) is 335 cm³/mol. The van der Waals surface area contributed by atoms with E-state index in [-0.39, 0.29) is 112 Å². The van der Waals surface area contributed by atoms with Crippen molar-refractivity contribution in [3.8, 4) is 0 Å². The van der Waals surface area contributed by atoms with Crippen LogP contribution in [0.2, 0.25) is 0 Å². The fourth-order valence-corrected chi connectivity index (χ4v) is 8.06. The Balaban J connectivity index is 5.93. The van der Waals surface area contributed by atoms with E-state index in [4.69, 9.17) is 123 Å². The molecule has 0 aromatic rings. The zero-order valence-electron chi connectivity index (χ0n) is 41.8. The van der Waals surface area contributed by atoms with Crippen molar-refractivity contribution in [1.82, 2.24) is 30.2 Å². The second-order valence-electron chi connectivity index (χ2n) is 16.0. The quantitative estimate of drug-likeness (QED) is 0.0146. The molecule has 0 aromatic heterocycles. The zero-order valence-corrected chi connectivity index (χ0v) is 52.0. The first-order valence-corrected chi connectivity index (χ1v) is 29.1. The Morgan fingerprint density at radius 2 is 0.920 bits per heavy atom. The molecule has 1 unspecified atom stereocenters. The standard InChI is InChI=1S/C44H72N6O13S12/c51-36(5-13-47(33-66)11-1-2-27-64)60-23-19-56-29-44(30-57-20-24-61-37(52)6-14-48(34-67)17-9-45-41(55)71,32-59-22-26-63-39(54)8-16-50(43(74)75)12-3-4-40(69)70)31-58-21-25-62-38(53)7-15-49(35(68)28-65)18-10-46-42(72)73/h27,33-34,65H,1-26,28-32H2,(H,69,70)(H,74,75)(H2,45,55,71)(H2,46,72,73). The van der Waals surface area contributed by atoms with Crippen LogP contribution in [0, 0.1) is 5.41 Å². The molecule has 0 heterocycles. The molecule has 0 aliphatic carbocycles. The number of esters is 4. The Kier molecular flexibility index (Phi) is 47.5. The van der Waals surface area contributed by atoms with Gasteiger partial charge in [-0.15, -0.1) is 37.9 Å². The van der Waals surface area contributed by atoms with E-state index < -0.39 is 34.5 Å². The molecule has 75 heavy (non-hydrogen) atoms. The lowest BCUT2D eigenvalue weighted by molar-refractivity contribution is -0.151. The molecule has 0 aliphatic heterocycles. The normalized spacial score (nSPS) is 11.5. The molecule has 0 rings (SSSR count). The molecule has 2 N–H and O–H groups in total. The smallest absolute Gasteiger partial charge is 0.307 e. The molecule has 428 valence electrons. The highest BCUT2D eigenvalue weighted by molar-refractivity contribution is 8.11. The maximum atomic E-state index is 12.8. The molecule has 0 aromatic carbocycles. The number of thiol groups is 5. The minimum atomic E-state index is -1.04. The number of carbonyl (C=O) groups is 5. The Bertz CT molecular complexity index is 1770. The van der Waals surface area contributed by atoms with Gasteiger partial charge in [0, 0.05) is 75.4 Å². The van der Waals surface area contributed by atoms with Crippen LogP contribution in [0.3, 0.4) is 0 Å². The molecule has 1 amide bonds. The van der Waals surface area contributed by atoms with Crippen molar-refractivity contribution in [1.29, 1.82) is 0 Å². The molecule has 0 radical (unpaired) electrons. The van der Waals surface area contributed by atoms with Gasteiger partial charge in [0.2, 0.25) is 0 Å². The summed E-state index contributed by atoms with van der Waals surface area (Å²) in [5, 5.41) is 6.67. The molecule has 0 saturated heterocycles. The van der Waals surface area contributed by atoms with E-state index in [1.165, 1.54) is 11.0 Å². The van der Waals surface area contributed by atoms with Crippen LogP contribution < -0.4 is 10.6 Å². The van der Waals surface area contributed by atoms with Crippen LogP contribution >= 0.6 is 149 Å². The number of nitrogens with one attached hydrogen (secondary N) is 2. The summed E-state index contributed by atoms with van der Waals surface area (Å²) in [7, 11) is 0. The van der Waals surface area contributed by atoms with Crippen molar-refractivity contribution < 1.29 is 61.9 Å². The van der Waals surface area contributed by atoms with Crippen molar-refractivity contribution in [3.05, 3.63) is 0 Å². The molecule has 19 nitrogen and oxygen atoms in total. The highest BCUT2D eigenvalue weighted by atomic mass is 32.1. The first-order valence-electron chi connectivity index (χ1n) is 23.7. The van der Waals surface area contributed by atoms with Crippen LogP contribution in [0.5, 0.6) is 0 Å². The minimum absolute atomic E-state index is 0.00470. The van der Waals surface area contributed by atoms with Gasteiger partial charge in [-0.05, 0) is 31.1 Å². The Labute approximate surface area is 507 Å². The van der Waals surface area contributed by atoms with Gasteiger partial charge in [0.25, 0.3) is 5.24 Å². The number of ether oxygens (including phenoxy) is 8. The average Bonchev–Trinajstić information content (AvgIpc) is 3.36. The van der Waals surface area contributed by atoms with Gasteiger partial charge in [-0.1, -0.05) is 98.2 Å². The average molecular weight is 1280 g/mol. The predicted octanol–water partition coefficient (Wildman–Crippen LogP) is 4.63. The van der Waals surface area contributed by atoms with Gasteiger partial charge in [0.15, 0.2) is 0 Å². The number of amides is 1. The summed E-state index contributed by atoms with van der Waals surface area (Å²) in [6.45, 7) is 3.59. The van der Waals surface area contributed by atoms with Gasteiger partial charge < -0.3 is 68.1 Å². The van der Waals surface area contributed by atoms with Crippen LogP contribution in [-0.4, -0.2) is 233 Å². The van der Waals surface area contributed by atoms with E-state index in [2.05, 4.69) is 73.8 Å². The fourth-order valence-electron chi connectivity index (χ4n) is 6.08. The third-order valence-corrected chi connectivity index (χ3v) is 13.1. The molecule has 0 spiro atoms. The molecule has 0 bridgehead atoms. The van der Waals surface area contributed by atoms with Crippen molar-refractivity contribution in [3.63, 3.8) is 0 Å². The molecular formula is C44H72N6O13S12. The third kappa shape index (κ3) is 43.1. The lowest BCUT2D eigenvalue weighted by Crippen LogP contribution is -2.43. The summed E-state index contributed by atoms with van der Waals surface area (Å²) in [5.74, 6) is -1.55. The monoisotopic (exact) mass is 1280 g/mol. The number of nitrogens with zero attached hydrogens (tertiary/aromatic N) is 4. The van der Waals surface area contributed by atoms with Gasteiger partial charge in [-0.25, -0.2) is 0 Å². The van der Waals surface area contributed by atoms with Crippen LogP contribution in [0.15, 0.2) is 0 Å². The number of hydrogen-bond acceptors (Lipinski definition) is 21. The topological polar surface area (TPSA) is 196 Å². The summed E-state index contributed by atoms with van der Waals surface area (Å²) in [6.07, 6.45) is 3.11. The van der Waals surface area contributed by atoms with E-state index in [0.717, 1.165) is 12.8 Å². The number of unbranched alkanes of at least 4 members (excludes halogenated alkanes) is 1. The summed E-state index contributed by atoms with van der Waals surface area (Å²) in [4.78, 5) is 69.5.